The molecule has 4 heteroatoms. The second-order valence-corrected chi connectivity index (χ2v) is 7.37. The molecule has 3 aromatic rings. The van der Waals surface area contributed by atoms with Crippen LogP contribution in [0.25, 0.3) is 0 Å². The molecule has 27 heavy (non-hydrogen) atoms. The van der Waals surface area contributed by atoms with E-state index in [2.05, 4.69) is 36.4 Å². The van der Waals surface area contributed by atoms with Crippen LogP contribution < -0.4 is 0 Å². The monoisotopic (exact) mass is 376 g/mol. The summed E-state index contributed by atoms with van der Waals surface area (Å²) in [5.74, 6) is -1.27. The molecule has 3 rings (SSSR count). The van der Waals surface area contributed by atoms with Gasteiger partial charge in [0.15, 0.2) is 5.78 Å². The number of benzene rings is 3. The van der Waals surface area contributed by atoms with Crippen molar-refractivity contribution in [1.29, 1.82) is 0 Å². The maximum Gasteiger partial charge on any atom is 0.310 e. The van der Waals surface area contributed by atoms with Crippen molar-refractivity contribution in [2.45, 2.75) is 11.2 Å². The molecule has 0 heterocycles. The zero-order valence-electron chi connectivity index (χ0n) is 14.7. The summed E-state index contributed by atoms with van der Waals surface area (Å²) in [6.07, 6.45) is -0.457. The Labute approximate surface area is 163 Å². The highest BCUT2D eigenvalue weighted by molar-refractivity contribution is 8.01. The van der Waals surface area contributed by atoms with Crippen molar-refractivity contribution >= 4 is 23.5 Å². The first-order valence-corrected chi connectivity index (χ1v) is 9.65. The Morgan fingerprint density at radius 1 is 0.704 bits per heavy atom. The van der Waals surface area contributed by atoms with E-state index in [0.717, 1.165) is 16.7 Å². The first-order valence-electron chi connectivity index (χ1n) is 8.67. The molecule has 3 aromatic carbocycles. The molecular weight excluding hydrogens is 356 g/mol. The van der Waals surface area contributed by atoms with Crippen molar-refractivity contribution < 1.29 is 14.7 Å². The number of hydrogen-bond acceptors (Lipinski definition) is 3. The van der Waals surface area contributed by atoms with Gasteiger partial charge in [-0.2, -0.15) is 0 Å². The minimum atomic E-state index is -1.09. The molecule has 0 atom stereocenters. The lowest BCUT2D eigenvalue weighted by atomic mass is 9.84. The first-order chi connectivity index (χ1) is 13.1. The summed E-state index contributed by atoms with van der Waals surface area (Å²) in [4.78, 5) is 23.1. The Morgan fingerprint density at radius 3 is 1.41 bits per heavy atom. The molecule has 0 amide bonds. The molecule has 0 spiro atoms. The maximum absolute atomic E-state index is 12.2. The van der Waals surface area contributed by atoms with E-state index < -0.39 is 17.1 Å². The Kier molecular flexibility index (Phi) is 6.09. The zero-order valence-corrected chi connectivity index (χ0v) is 15.6. The van der Waals surface area contributed by atoms with Crippen molar-refractivity contribution in [3.05, 3.63) is 108 Å². The van der Waals surface area contributed by atoms with Gasteiger partial charge in [-0.15, -0.1) is 11.8 Å². The van der Waals surface area contributed by atoms with E-state index in [1.165, 1.54) is 11.8 Å². The SMILES string of the molecule is O=C(O)CC(=O)CSC(c1ccccc1)(c1ccccc1)c1ccccc1. The fraction of sp³-hybridized carbons (Fsp3) is 0.130. The van der Waals surface area contributed by atoms with Crippen molar-refractivity contribution in [3.63, 3.8) is 0 Å². The van der Waals surface area contributed by atoms with E-state index in [4.69, 9.17) is 5.11 Å². The molecule has 0 radical (unpaired) electrons. The standard InChI is InChI=1S/C23H20O3S/c24-21(16-22(25)26)17-27-23(18-10-4-1-5-11-18,19-12-6-2-7-13-19)20-14-8-3-9-15-20/h1-15H,16-17H2,(H,25,26). The highest BCUT2D eigenvalue weighted by atomic mass is 32.2. The van der Waals surface area contributed by atoms with Crippen LogP contribution in [0.2, 0.25) is 0 Å². The first kappa shape index (κ1) is 18.9. The van der Waals surface area contributed by atoms with Crippen LogP contribution in [0, 0.1) is 0 Å². The summed E-state index contributed by atoms with van der Waals surface area (Å²) in [5, 5.41) is 8.93. The van der Waals surface area contributed by atoms with Gasteiger partial charge in [0, 0.05) is 0 Å². The number of carbonyl (C=O) groups is 2. The maximum atomic E-state index is 12.2. The zero-order chi connectivity index (χ0) is 19.1. The molecule has 0 fully saturated rings. The molecule has 0 saturated carbocycles. The fourth-order valence-electron chi connectivity index (χ4n) is 3.18. The average molecular weight is 376 g/mol. The minimum Gasteiger partial charge on any atom is -0.481 e. The Balaban J connectivity index is 2.14. The van der Waals surface area contributed by atoms with Crippen LogP contribution in [0.15, 0.2) is 91.0 Å². The number of hydrogen-bond donors (Lipinski definition) is 1. The van der Waals surface area contributed by atoms with Gasteiger partial charge in [-0.3, -0.25) is 9.59 Å². The Bertz CT molecular complexity index is 796. The molecule has 0 unspecified atom stereocenters. The van der Waals surface area contributed by atoms with Crippen LogP contribution in [0.4, 0.5) is 0 Å². The normalized spacial score (nSPS) is 11.1. The molecule has 0 aliphatic heterocycles. The Hall–Kier alpha value is -2.85. The number of rotatable bonds is 8. The van der Waals surface area contributed by atoms with E-state index >= 15 is 0 Å². The number of carboxylic acids is 1. The number of carbonyl (C=O) groups excluding carboxylic acids is 1. The molecule has 136 valence electrons. The number of aliphatic carboxylic acids is 1. The van der Waals surface area contributed by atoms with Crippen molar-refractivity contribution in [1.82, 2.24) is 0 Å². The largest absolute Gasteiger partial charge is 0.481 e. The van der Waals surface area contributed by atoms with E-state index in [9.17, 15) is 9.59 Å². The molecule has 0 aromatic heterocycles. The lowest BCUT2D eigenvalue weighted by Crippen LogP contribution is -2.27. The van der Waals surface area contributed by atoms with Gasteiger partial charge in [-0.05, 0) is 16.7 Å². The quantitative estimate of drug-likeness (QED) is 0.455. The third-order valence-corrected chi connectivity index (χ3v) is 5.95. The molecule has 3 nitrogen and oxygen atoms in total. The number of carboxylic acid groups (broad SMARTS) is 1. The summed E-state index contributed by atoms with van der Waals surface area (Å²) in [6.45, 7) is 0. The van der Waals surface area contributed by atoms with Crippen LogP contribution in [-0.4, -0.2) is 22.6 Å². The summed E-state index contributed by atoms with van der Waals surface area (Å²) >= 11 is 1.47. The van der Waals surface area contributed by atoms with E-state index in [1.807, 2.05) is 54.6 Å². The van der Waals surface area contributed by atoms with Crippen LogP contribution in [0.3, 0.4) is 0 Å². The van der Waals surface area contributed by atoms with E-state index in [-0.39, 0.29) is 11.5 Å². The van der Waals surface area contributed by atoms with Gasteiger partial charge in [-0.1, -0.05) is 91.0 Å². The average Bonchev–Trinajstić information content (AvgIpc) is 2.70. The van der Waals surface area contributed by atoms with E-state index in [1.54, 1.807) is 0 Å². The summed E-state index contributed by atoms with van der Waals surface area (Å²) < 4.78 is -0.599. The highest BCUT2D eigenvalue weighted by Crippen LogP contribution is 2.48. The van der Waals surface area contributed by atoms with Gasteiger partial charge < -0.3 is 5.11 Å². The molecule has 0 aliphatic carbocycles. The van der Waals surface area contributed by atoms with Crippen LogP contribution in [0.5, 0.6) is 0 Å². The summed E-state index contributed by atoms with van der Waals surface area (Å²) in [6, 6.07) is 30.1. The van der Waals surface area contributed by atoms with Crippen LogP contribution in [-0.2, 0) is 14.3 Å². The second-order valence-electron chi connectivity index (χ2n) is 6.18. The van der Waals surface area contributed by atoms with Crippen molar-refractivity contribution in [3.8, 4) is 0 Å². The molecular formula is C23H20O3S. The topological polar surface area (TPSA) is 54.4 Å². The molecule has 0 aliphatic rings. The Morgan fingerprint density at radius 2 is 1.07 bits per heavy atom. The van der Waals surface area contributed by atoms with Crippen LogP contribution in [0.1, 0.15) is 23.1 Å². The van der Waals surface area contributed by atoms with Gasteiger partial charge >= 0.3 is 5.97 Å². The molecule has 1 N–H and O–H groups in total. The summed E-state index contributed by atoms with van der Waals surface area (Å²) in [5.41, 5.74) is 3.15. The third-order valence-electron chi connectivity index (χ3n) is 4.34. The van der Waals surface area contributed by atoms with Crippen LogP contribution >= 0.6 is 11.8 Å². The lowest BCUT2D eigenvalue weighted by Gasteiger charge is -2.35. The van der Waals surface area contributed by atoms with Gasteiger partial charge in [0.25, 0.3) is 0 Å². The number of ketones is 1. The van der Waals surface area contributed by atoms with Gasteiger partial charge in [-0.25, -0.2) is 0 Å². The fourth-order valence-corrected chi connectivity index (χ4v) is 4.56. The third kappa shape index (κ3) is 4.29. The van der Waals surface area contributed by atoms with E-state index in [0.29, 0.717) is 0 Å². The second kappa shape index (κ2) is 8.69. The predicted molar refractivity (Wildman–Crippen MR) is 109 cm³/mol. The minimum absolute atomic E-state index is 0.116. The van der Waals surface area contributed by atoms with Crippen molar-refractivity contribution in [2.75, 3.05) is 5.75 Å². The van der Waals surface area contributed by atoms with Gasteiger partial charge in [0.05, 0.1) is 10.5 Å². The molecule has 0 bridgehead atoms. The van der Waals surface area contributed by atoms with Crippen molar-refractivity contribution in [2.24, 2.45) is 0 Å². The number of thioether (sulfide) groups is 1. The highest BCUT2D eigenvalue weighted by Gasteiger charge is 2.37. The predicted octanol–water partition coefficient (Wildman–Crippen LogP) is 4.76. The molecule has 0 saturated heterocycles. The van der Waals surface area contributed by atoms with Gasteiger partial charge in [0.2, 0.25) is 0 Å². The van der Waals surface area contributed by atoms with Gasteiger partial charge in [0.1, 0.15) is 6.42 Å². The lowest BCUT2D eigenvalue weighted by molar-refractivity contribution is -0.139. The smallest absolute Gasteiger partial charge is 0.310 e. The number of Topliss-reactive ketones (excluding diaryl/α,β-unsaturated/α-hetero) is 1. The summed E-state index contributed by atoms with van der Waals surface area (Å²) in [7, 11) is 0.